The Hall–Kier alpha value is -2.44. The van der Waals surface area contributed by atoms with Gasteiger partial charge in [-0.1, -0.05) is 18.5 Å². The molecule has 0 N–H and O–H groups in total. The summed E-state index contributed by atoms with van der Waals surface area (Å²) >= 11 is 7.98. The van der Waals surface area contributed by atoms with Gasteiger partial charge in [0, 0.05) is 17.4 Å². The number of benzene rings is 1. The summed E-state index contributed by atoms with van der Waals surface area (Å²) in [4.78, 5) is 15.0. The summed E-state index contributed by atoms with van der Waals surface area (Å²) in [5, 5.41) is 1.55. The number of hydrogen-bond donors (Lipinski definition) is 0. The predicted molar refractivity (Wildman–Crippen MR) is 115 cm³/mol. The van der Waals surface area contributed by atoms with E-state index in [2.05, 4.69) is 24.9 Å². The fourth-order valence-corrected chi connectivity index (χ4v) is 4.68. The van der Waals surface area contributed by atoms with E-state index in [4.69, 9.17) is 31.0 Å². The molecule has 0 bridgehead atoms. The van der Waals surface area contributed by atoms with Gasteiger partial charge in [0.2, 0.25) is 0 Å². The fourth-order valence-electron chi connectivity index (χ4n) is 3.31. The van der Waals surface area contributed by atoms with Crippen LogP contribution in [0.15, 0.2) is 24.3 Å². The van der Waals surface area contributed by atoms with Crippen molar-refractivity contribution in [2.24, 2.45) is 0 Å². The standard InChI is InChI=1S/C21H20ClN3O2S/c1-5-6-16-24-18-17-11(2)9-13(23-21(17)28-19(18)20(22)25-16)12-7-8-14(26-3)15(10-12)27-4/h7-10H,5-6H2,1-4H3. The van der Waals surface area contributed by atoms with Crippen LogP contribution in [0.5, 0.6) is 11.5 Å². The van der Waals surface area contributed by atoms with Crippen LogP contribution in [-0.4, -0.2) is 29.2 Å². The molecule has 4 aromatic rings. The SMILES string of the molecule is CCCc1nc(Cl)c2sc3nc(-c4ccc(OC)c(OC)c4)cc(C)c3c2n1. The second-order valence-electron chi connectivity index (χ2n) is 6.53. The van der Waals surface area contributed by atoms with E-state index < -0.39 is 0 Å². The summed E-state index contributed by atoms with van der Waals surface area (Å²) in [5.74, 6) is 2.15. The van der Waals surface area contributed by atoms with Crippen molar-refractivity contribution in [1.82, 2.24) is 15.0 Å². The maximum absolute atomic E-state index is 6.45. The van der Waals surface area contributed by atoms with E-state index in [0.717, 1.165) is 55.9 Å². The lowest BCUT2D eigenvalue weighted by Gasteiger charge is -2.10. The van der Waals surface area contributed by atoms with Crippen molar-refractivity contribution in [1.29, 1.82) is 0 Å². The highest BCUT2D eigenvalue weighted by Crippen LogP contribution is 2.39. The highest BCUT2D eigenvalue weighted by atomic mass is 35.5. The maximum Gasteiger partial charge on any atom is 0.161 e. The van der Waals surface area contributed by atoms with Crippen LogP contribution in [0.4, 0.5) is 0 Å². The first-order valence-corrected chi connectivity index (χ1v) is 10.2. The van der Waals surface area contributed by atoms with Crippen molar-refractivity contribution in [3.05, 3.63) is 40.8 Å². The second kappa shape index (κ2) is 7.53. The average Bonchev–Trinajstić information content (AvgIpc) is 3.07. The molecule has 0 saturated carbocycles. The number of ether oxygens (including phenoxy) is 2. The van der Waals surface area contributed by atoms with E-state index in [1.165, 1.54) is 11.3 Å². The minimum atomic E-state index is 0.503. The molecule has 0 aliphatic carbocycles. The number of pyridine rings is 1. The summed E-state index contributed by atoms with van der Waals surface area (Å²) in [6.07, 6.45) is 1.79. The smallest absolute Gasteiger partial charge is 0.161 e. The molecule has 28 heavy (non-hydrogen) atoms. The molecule has 3 heterocycles. The van der Waals surface area contributed by atoms with Gasteiger partial charge in [-0.3, -0.25) is 0 Å². The van der Waals surface area contributed by atoms with Crippen molar-refractivity contribution < 1.29 is 9.47 Å². The number of thiophene rings is 1. The summed E-state index contributed by atoms with van der Waals surface area (Å²) in [5.41, 5.74) is 3.84. The number of halogens is 1. The van der Waals surface area contributed by atoms with Crippen molar-refractivity contribution in [3.8, 4) is 22.8 Å². The Labute approximate surface area is 172 Å². The van der Waals surface area contributed by atoms with Gasteiger partial charge in [0.15, 0.2) is 16.7 Å². The molecule has 0 unspecified atom stereocenters. The largest absolute Gasteiger partial charge is 0.493 e. The molecule has 1 aromatic carbocycles. The first-order valence-electron chi connectivity index (χ1n) is 9.04. The van der Waals surface area contributed by atoms with Gasteiger partial charge in [0.25, 0.3) is 0 Å². The van der Waals surface area contributed by atoms with Crippen LogP contribution in [0.2, 0.25) is 5.15 Å². The third-order valence-electron chi connectivity index (χ3n) is 4.64. The maximum atomic E-state index is 6.45. The molecule has 4 rings (SSSR count). The molecule has 3 aromatic heterocycles. The number of hydrogen-bond acceptors (Lipinski definition) is 6. The van der Waals surface area contributed by atoms with Gasteiger partial charge in [-0.15, -0.1) is 11.3 Å². The van der Waals surface area contributed by atoms with Gasteiger partial charge in [0.05, 0.1) is 30.1 Å². The van der Waals surface area contributed by atoms with Gasteiger partial charge in [-0.05, 0) is 43.2 Å². The fraction of sp³-hybridized carbons (Fsp3) is 0.286. The summed E-state index contributed by atoms with van der Waals surface area (Å²) < 4.78 is 11.6. The topological polar surface area (TPSA) is 57.1 Å². The quantitative estimate of drug-likeness (QED) is 0.385. The molecule has 0 amide bonds. The molecule has 0 fully saturated rings. The van der Waals surface area contributed by atoms with Crippen molar-refractivity contribution in [2.45, 2.75) is 26.7 Å². The Morgan fingerprint density at radius 1 is 1.04 bits per heavy atom. The second-order valence-corrected chi connectivity index (χ2v) is 7.89. The normalized spacial score (nSPS) is 11.3. The van der Waals surface area contributed by atoms with Crippen LogP contribution in [0, 0.1) is 6.92 Å². The zero-order valence-corrected chi connectivity index (χ0v) is 17.7. The monoisotopic (exact) mass is 413 g/mol. The Bertz CT molecular complexity index is 1190. The van der Waals surface area contributed by atoms with Crippen LogP contribution < -0.4 is 9.47 Å². The molecule has 0 radical (unpaired) electrons. The Morgan fingerprint density at radius 2 is 1.82 bits per heavy atom. The predicted octanol–water partition coefficient (Wildman–Crippen LogP) is 5.84. The third-order valence-corrected chi connectivity index (χ3v) is 6.11. The van der Waals surface area contributed by atoms with Crippen LogP contribution in [-0.2, 0) is 6.42 Å². The highest BCUT2D eigenvalue weighted by molar-refractivity contribution is 7.26. The van der Waals surface area contributed by atoms with Gasteiger partial charge >= 0.3 is 0 Å². The van der Waals surface area contributed by atoms with E-state index in [1.807, 2.05) is 18.2 Å². The van der Waals surface area contributed by atoms with Gasteiger partial charge < -0.3 is 9.47 Å². The van der Waals surface area contributed by atoms with E-state index in [0.29, 0.717) is 16.7 Å². The number of rotatable bonds is 5. The van der Waals surface area contributed by atoms with Crippen molar-refractivity contribution in [3.63, 3.8) is 0 Å². The molecule has 7 heteroatoms. The zero-order chi connectivity index (χ0) is 19.8. The lowest BCUT2D eigenvalue weighted by atomic mass is 10.1. The van der Waals surface area contributed by atoms with Crippen LogP contribution >= 0.6 is 22.9 Å². The number of fused-ring (bicyclic) bond motifs is 3. The van der Waals surface area contributed by atoms with Crippen molar-refractivity contribution >= 4 is 43.4 Å². The lowest BCUT2D eigenvalue weighted by molar-refractivity contribution is 0.355. The van der Waals surface area contributed by atoms with Gasteiger partial charge in [-0.2, -0.15) is 0 Å². The molecule has 0 aliphatic heterocycles. The molecular formula is C21H20ClN3O2S. The van der Waals surface area contributed by atoms with Crippen molar-refractivity contribution in [2.75, 3.05) is 14.2 Å². The average molecular weight is 414 g/mol. The minimum absolute atomic E-state index is 0.503. The lowest BCUT2D eigenvalue weighted by Crippen LogP contribution is -1.95. The number of methoxy groups -OCH3 is 2. The molecule has 0 saturated heterocycles. The Balaban J connectivity index is 1.92. The van der Waals surface area contributed by atoms with Crippen LogP contribution in [0.3, 0.4) is 0 Å². The van der Waals surface area contributed by atoms with Crippen LogP contribution in [0.25, 0.3) is 31.7 Å². The third kappa shape index (κ3) is 3.16. The van der Waals surface area contributed by atoms with E-state index in [1.54, 1.807) is 14.2 Å². The summed E-state index contributed by atoms with van der Waals surface area (Å²) in [6, 6.07) is 7.88. The minimum Gasteiger partial charge on any atom is -0.493 e. The Kier molecular flexibility index (Phi) is 5.08. The van der Waals surface area contributed by atoms with Gasteiger partial charge in [0.1, 0.15) is 10.7 Å². The molecule has 5 nitrogen and oxygen atoms in total. The number of aryl methyl sites for hydroxylation is 2. The summed E-state index contributed by atoms with van der Waals surface area (Å²) in [7, 11) is 3.25. The molecule has 0 spiro atoms. The first-order chi connectivity index (χ1) is 13.5. The van der Waals surface area contributed by atoms with E-state index in [9.17, 15) is 0 Å². The van der Waals surface area contributed by atoms with E-state index in [-0.39, 0.29) is 0 Å². The first kappa shape index (κ1) is 18.9. The molecule has 0 aliphatic rings. The zero-order valence-electron chi connectivity index (χ0n) is 16.2. The number of nitrogens with zero attached hydrogens (tertiary/aromatic N) is 3. The van der Waals surface area contributed by atoms with Crippen LogP contribution in [0.1, 0.15) is 24.7 Å². The number of aromatic nitrogens is 3. The molecule has 0 atom stereocenters. The Morgan fingerprint density at radius 3 is 2.54 bits per heavy atom. The van der Waals surface area contributed by atoms with Gasteiger partial charge in [-0.25, -0.2) is 15.0 Å². The summed E-state index contributed by atoms with van der Waals surface area (Å²) in [6.45, 7) is 4.19. The molecular weight excluding hydrogens is 394 g/mol. The highest BCUT2D eigenvalue weighted by Gasteiger charge is 2.17. The van der Waals surface area contributed by atoms with E-state index >= 15 is 0 Å². The molecule has 144 valence electrons.